The second kappa shape index (κ2) is 5.89. The number of ether oxygens (including phenoxy) is 1. The van der Waals surface area contributed by atoms with Gasteiger partial charge in [0.2, 0.25) is 0 Å². The zero-order valence-electron chi connectivity index (χ0n) is 12.3. The summed E-state index contributed by atoms with van der Waals surface area (Å²) in [6.07, 6.45) is 8.49. The molecule has 3 heteroatoms. The highest BCUT2D eigenvalue weighted by molar-refractivity contribution is 4.95. The van der Waals surface area contributed by atoms with E-state index in [0.717, 1.165) is 19.0 Å². The fourth-order valence-electron chi connectivity index (χ4n) is 3.84. The second-order valence-electron chi connectivity index (χ2n) is 6.66. The van der Waals surface area contributed by atoms with Crippen LogP contribution in [0.3, 0.4) is 0 Å². The summed E-state index contributed by atoms with van der Waals surface area (Å²) in [5, 5.41) is 0. The molecule has 0 aromatic rings. The highest BCUT2D eigenvalue weighted by Crippen LogP contribution is 2.36. The van der Waals surface area contributed by atoms with Gasteiger partial charge in [0.15, 0.2) is 0 Å². The minimum atomic E-state index is 0.229. The summed E-state index contributed by atoms with van der Waals surface area (Å²) in [5.74, 6) is 0.813. The third kappa shape index (κ3) is 3.06. The topological polar surface area (TPSA) is 38.5 Å². The summed E-state index contributed by atoms with van der Waals surface area (Å²) in [6, 6.07) is 0. The quantitative estimate of drug-likeness (QED) is 0.837. The maximum absolute atomic E-state index is 6.12. The Labute approximate surface area is 112 Å². The molecule has 0 bridgehead atoms. The summed E-state index contributed by atoms with van der Waals surface area (Å²) >= 11 is 0. The van der Waals surface area contributed by atoms with Gasteiger partial charge in [-0.2, -0.15) is 0 Å². The molecule has 2 fully saturated rings. The molecule has 1 aliphatic heterocycles. The molecule has 1 heterocycles. The molecule has 1 saturated heterocycles. The van der Waals surface area contributed by atoms with Crippen molar-refractivity contribution in [3.8, 4) is 0 Å². The van der Waals surface area contributed by atoms with Crippen molar-refractivity contribution in [3.63, 3.8) is 0 Å². The zero-order valence-corrected chi connectivity index (χ0v) is 12.3. The van der Waals surface area contributed by atoms with Crippen molar-refractivity contribution in [2.45, 2.75) is 70.1 Å². The van der Waals surface area contributed by atoms with E-state index in [2.05, 4.69) is 25.8 Å². The largest absolute Gasteiger partial charge is 0.374 e. The highest BCUT2D eigenvalue weighted by Gasteiger charge is 2.38. The van der Waals surface area contributed by atoms with Gasteiger partial charge in [-0.15, -0.1) is 0 Å². The maximum atomic E-state index is 6.12. The minimum absolute atomic E-state index is 0.229. The number of hydrogen-bond donors (Lipinski definition) is 1. The van der Waals surface area contributed by atoms with Crippen molar-refractivity contribution in [1.29, 1.82) is 0 Å². The van der Waals surface area contributed by atoms with Crippen molar-refractivity contribution in [2.75, 3.05) is 20.1 Å². The first kappa shape index (κ1) is 14.3. The van der Waals surface area contributed by atoms with Crippen LogP contribution in [0.4, 0.5) is 0 Å². The number of nitrogens with zero attached hydrogens (tertiary/aromatic N) is 1. The number of likely N-dealkylation sites (N-methyl/N-ethyl adjacent to an activating group) is 1. The number of rotatable bonds is 4. The third-order valence-corrected chi connectivity index (χ3v) is 5.05. The van der Waals surface area contributed by atoms with E-state index in [1.54, 1.807) is 0 Å². The Morgan fingerprint density at radius 1 is 1.28 bits per heavy atom. The Balaban J connectivity index is 1.94. The monoisotopic (exact) mass is 254 g/mol. The Morgan fingerprint density at radius 2 is 2.06 bits per heavy atom. The number of nitrogens with two attached hydrogens (primary N) is 1. The Kier molecular flexibility index (Phi) is 4.68. The Morgan fingerprint density at radius 3 is 2.61 bits per heavy atom. The fraction of sp³-hybridized carbons (Fsp3) is 1.00. The van der Waals surface area contributed by atoms with Gasteiger partial charge in [0.1, 0.15) is 0 Å². The van der Waals surface area contributed by atoms with Crippen LogP contribution in [0.15, 0.2) is 0 Å². The van der Waals surface area contributed by atoms with E-state index in [1.807, 2.05) is 0 Å². The first-order valence-corrected chi connectivity index (χ1v) is 7.62. The van der Waals surface area contributed by atoms with Gasteiger partial charge < -0.3 is 10.5 Å². The van der Waals surface area contributed by atoms with E-state index >= 15 is 0 Å². The molecule has 2 aliphatic rings. The van der Waals surface area contributed by atoms with Crippen LogP contribution in [-0.2, 0) is 4.74 Å². The zero-order chi connectivity index (χ0) is 13.2. The smallest absolute Gasteiger partial charge is 0.0706 e. The van der Waals surface area contributed by atoms with E-state index in [0.29, 0.717) is 12.2 Å². The van der Waals surface area contributed by atoms with Crippen LogP contribution in [0.5, 0.6) is 0 Å². The predicted molar refractivity (Wildman–Crippen MR) is 75.6 cm³/mol. The van der Waals surface area contributed by atoms with E-state index in [-0.39, 0.29) is 5.54 Å². The lowest BCUT2D eigenvalue weighted by Crippen LogP contribution is -2.56. The molecule has 18 heavy (non-hydrogen) atoms. The van der Waals surface area contributed by atoms with Gasteiger partial charge in [-0.25, -0.2) is 0 Å². The molecule has 1 aliphatic carbocycles. The fourth-order valence-corrected chi connectivity index (χ4v) is 3.84. The van der Waals surface area contributed by atoms with Gasteiger partial charge in [-0.3, -0.25) is 4.90 Å². The number of hydrogen-bond acceptors (Lipinski definition) is 3. The van der Waals surface area contributed by atoms with Gasteiger partial charge in [-0.05, 0) is 45.6 Å². The van der Waals surface area contributed by atoms with Gasteiger partial charge in [0.25, 0.3) is 0 Å². The van der Waals surface area contributed by atoms with Gasteiger partial charge in [0, 0.05) is 18.6 Å². The molecule has 0 aromatic carbocycles. The van der Waals surface area contributed by atoms with Crippen LogP contribution in [0.25, 0.3) is 0 Å². The predicted octanol–water partition coefficient (Wildman–Crippen LogP) is 2.39. The first-order valence-electron chi connectivity index (χ1n) is 7.62. The van der Waals surface area contributed by atoms with Crippen molar-refractivity contribution in [1.82, 2.24) is 4.90 Å². The van der Waals surface area contributed by atoms with Crippen LogP contribution in [0, 0.1) is 5.92 Å². The molecule has 4 unspecified atom stereocenters. The third-order valence-electron chi connectivity index (χ3n) is 5.05. The van der Waals surface area contributed by atoms with Gasteiger partial charge >= 0.3 is 0 Å². The van der Waals surface area contributed by atoms with Crippen molar-refractivity contribution in [3.05, 3.63) is 0 Å². The molecular formula is C15H30N2O. The molecule has 0 amide bonds. The summed E-state index contributed by atoms with van der Waals surface area (Å²) in [5.41, 5.74) is 6.35. The molecule has 2 rings (SSSR count). The van der Waals surface area contributed by atoms with E-state index in [1.165, 1.54) is 38.5 Å². The lowest BCUT2D eigenvalue weighted by molar-refractivity contribution is -0.00776. The van der Waals surface area contributed by atoms with Crippen LogP contribution in [-0.4, -0.2) is 42.8 Å². The molecule has 4 atom stereocenters. The average Bonchev–Trinajstić information content (AvgIpc) is 2.74. The highest BCUT2D eigenvalue weighted by atomic mass is 16.5. The second-order valence-corrected chi connectivity index (χ2v) is 6.66. The van der Waals surface area contributed by atoms with E-state index < -0.39 is 0 Å². The van der Waals surface area contributed by atoms with Crippen LogP contribution >= 0.6 is 0 Å². The molecule has 0 radical (unpaired) electrons. The molecular weight excluding hydrogens is 224 g/mol. The van der Waals surface area contributed by atoms with E-state index in [9.17, 15) is 0 Å². The van der Waals surface area contributed by atoms with Gasteiger partial charge in [-0.1, -0.05) is 19.8 Å². The standard InChI is InChI=1S/C15H30N2O/c1-12-5-4-8-15(9-12,11-16)17(3)10-14-7-6-13(2)18-14/h12-14H,4-11,16H2,1-3H3. The Hall–Kier alpha value is -0.120. The summed E-state index contributed by atoms with van der Waals surface area (Å²) in [6.45, 7) is 6.39. The lowest BCUT2D eigenvalue weighted by atomic mass is 9.75. The molecule has 0 spiro atoms. The van der Waals surface area contributed by atoms with Crippen LogP contribution in [0.1, 0.15) is 52.4 Å². The van der Waals surface area contributed by atoms with Crippen molar-refractivity contribution < 1.29 is 4.74 Å². The molecule has 3 nitrogen and oxygen atoms in total. The molecule has 0 aromatic heterocycles. The van der Waals surface area contributed by atoms with E-state index in [4.69, 9.17) is 10.5 Å². The summed E-state index contributed by atoms with van der Waals surface area (Å²) in [4.78, 5) is 2.51. The van der Waals surface area contributed by atoms with Gasteiger partial charge in [0.05, 0.1) is 12.2 Å². The molecule has 2 N–H and O–H groups in total. The van der Waals surface area contributed by atoms with Crippen molar-refractivity contribution >= 4 is 0 Å². The summed E-state index contributed by atoms with van der Waals surface area (Å²) in [7, 11) is 2.25. The van der Waals surface area contributed by atoms with Crippen molar-refractivity contribution in [2.24, 2.45) is 11.7 Å². The molecule has 1 saturated carbocycles. The summed E-state index contributed by atoms with van der Waals surface area (Å²) < 4.78 is 5.96. The minimum Gasteiger partial charge on any atom is -0.374 e. The van der Waals surface area contributed by atoms with Crippen LogP contribution in [0.2, 0.25) is 0 Å². The van der Waals surface area contributed by atoms with Crippen LogP contribution < -0.4 is 5.73 Å². The maximum Gasteiger partial charge on any atom is 0.0706 e. The Bertz CT molecular complexity index is 271. The first-order chi connectivity index (χ1) is 8.55. The lowest BCUT2D eigenvalue weighted by Gasteiger charge is -2.46. The average molecular weight is 254 g/mol. The normalized spacial score (nSPS) is 41.5. The molecule has 106 valence electrons. The SMILES string of the molecule is CC1CCCC(CN)(N(C)CC2CCC(C)O2)C1.